The standard InChI is InChI=1S/C13H12N2O/c16-8-2-1-3-11-4-6-12(7-5-11)13-9-14-10-15-13/h4-7,9-10,16H,2,8H2,(H,14,15). The van der Waals surface area contributed by atoms with Gasteiger partial charge in [0, 0.05) is 12.0 Å². The first-order chi connectivity index (χ1) is 7.90. The van der Waals surface area contributed by atoms with Crippen molar-refractivity contribution in [2.45, 2.75) is 6.42 Å². The van der Waals surface area contributed by atoms with Gasteiger partial charge in [-0.1, -0.05) is 24.0 Å². The second kappa shape index (κ2) is 5.15. The number of hydrogen-bond acceptors (Lipinski definition) is 2. The Morgan fingerprint density at radius 1 is 1.25 bits per heavy atom. The molecule has 1 heterocycles. The molecule has 0 atom stereocenters. The molecule has 0 aliphatic heterocycles. The van der Waals surface area contributed by atoms with Crippen molar-refractivity contribution in [3.05, 3.63) is 42.4 Å². The van der Waals surface area contributed by atoms with Crippen LogP contribution in [0.1, 0.15) is 12.0 Å². The van der Waals surface area contributed by atoms with Crippen LogP contribution in [0.25, 0.3) is 11.3 Å². The molecule has 0 radical (unpaired) electrons. The monoisotopic (exact) mass is 212 g/mol. The van der Waals surface area contributed by atoms with E-state index in [-0.39, 0.29) is 6.61 Å². The molecule has 1 aromatic heterocycles. The van der Waals surface area contributed by atoms with Gasteiger partial charge in [-0.05, 0) is 17.7 Å². The number of benzene rings is 1. The average Bonchev–Trinajstić information content (AvgIpc) is 2.84. The van der Waals surface area contributed by atoms with Crippen LogP contribution in [0.3, 0.4) is 0 Å². The topological polar surface area (TPSA) is 48.9 Å². The molecule has 0 spiro atoms. The molecule has 2 aromatic rings. The molecule has 0 bridgehead atoms. The summed E-state index contributed by atoms with van der Waals surface area (Å²) in [5.74, 6) is 5.87. The average molecular weight is 212 g/mol. The summed E-state index contributed by atoms with van der Waals surface area (Å²) in [6, 6.07) is 7.91. The van der Waals surface area contributed by atoms with Crippen LogP contribution in [0.2, 0.25) is 0 Å². The Hall–Kier alpha value is -2.05. The van der Waals surface area contributed by atoms with Gasteiger partial charge >= 0.3 is 0 Å². The van der Waals surface area contributed by atoms with Gasteiger partial charge in [-0.3, -0.25) is 0 Å². The van der Waals surface area contributed by atoms with Gasteiger partial charge in [0.25, 0.3) is 0 Å². The van der Waals surface area contributed by atoms with Crippen molar-refractivity contribution in [1.82, 2.24) is 9.97 Å². The van der Waals surface area contributed by atoms with Crippen molar-refractivity contribution < 1.29 is 5.11 Å². The summed E-state index contributed by atoms with van der Waals surface area (Å²) in [6.07, 6.45) is 3.96. The van der Waals surface area contributed by atoms with Crippen LogP contribution in [-0.4, -0.2) is 21.7 Å². The molecule has 3 nitrogen and oxygen atoms in total. The maximum atomic E-state index is 8.60. The number of hydrogen-bond donors (Lipinski definition) is 2. The van der Waals surface area contributed by atoms with E-state index < -0.39 is 0 Å². The summed E-state index contributed by atoms with van der Waals surface area (Å²) in [5, 5.41) is 8.60. The highest BCUT2D eigenvalue weighted by Gasteiger charge is 1.97. The molecular formula is C13H12N2O. The Kier molecular flexibility index (Phi) is 3.37. The van der Waals surface area contributed by atoms with E-state index in [0.717, 1.165) is 16.8 Å². The molecule has 0 unspecified atom stereocenters. The van der Waals surface area contributed by atoms with Gasteiger partial charge in [-0.25, -0.2) is 4.98 Å². The molecule has 0 fully saturated rings. The molecule has 0 saturated heterocycles. The maximum Gasteiger partial charge on any atom is 0.0924 e. The van der Waals surface area contributed by atoms with Crippen LogP contribution in [0.5, 0.6) is 0 Å². The number of nitrogens with zero attached hydrogens (tertiary/aromatic N) is 1. The third kappa shape index (κ3) is 2.50. The zero-order valence-electron chi connectivity index (χ0n) is 8.77. The highest BCUT2D eigenvalue weighted by Crippen LogP contribution is 2.15. The highest BCUT2D eigenvalue weighted by atomic mass is 16.2. The van der Waals surface area contributed by atoms with Crippen LogP contribution in [0, 0.1) is 11.8 Å². The van der Waals surface area contributed by atoms with Crippen molar-refractivity contribution in [2.24, 2.45) is 0 Å². The minimum Gasteiger partial charge on any atom is -0.395 e. The SMILES string of the molecule is OCCC#Cc1ccc(-c2cnc[nH]2)cc1. The van der Waals surface area contributed by atoms with Crippen molar-refractivity contribution in [2.75, 3.05) is 6.61 Å². The molecule has 0 aliphatic rings. The predicted molar refractivity (Wildman–Crippen MR) is 62.6 cm³/mol. The maximum absolute atomic E-state index is 8.60. The van der Waals surface area contributed by atoms with Crippen molar-refractivity contribution in [3.8, 4) is 23.1 Å². The van der Waals surface area contributed by atoms with E-state index in [9.17, 15) is 0 Å². The molecule has 16 heavy (non-hydrogen) atoms. The molecule has 0 amide bonds. The zero-order chi connectivity index (χ0) is 11.2. The van der Waals surface area contributed by atoms with E-state index in [4.69, 9.17) is 5.11 Å². The Morgan fingerprint density at radius 2 is 2.06 bits per heavy atom. The van der Waals surface area contributed by atoms with Crippen LogP contribution < -0.4 is 0 Å². The fourth-order valence-electron chi connectivity index (χ4n) is 1.37. The molecule has 2 N–H and O–H groups in total. The summed E-state index contributed by atoms with van der Waals surface area (Å²) in [6.45, 7) is 0.110. The Balaban J connectivity index is 2.15. The number of H-pyrrole nitrogens is 1. The fraction of sp³-hybridized carbons (Fsp3) is 0.154. The molecular weight excluding hydrogens is 200 g/mol. The first-order valence-electron chi connectivity index (χ1n) is 5.08. The fourth-order valence-corrected chi connectivity index (χ4v) is 1.37. The van der Waals surface area contributed by atoms with E-state index in [1.54, 1.807) is 12.5 Å². The van der Waals surface area contributed by atoms with E-state index in [1.807, 2.05) is 24.3 Å². The normalized spacial score (nSPS) is 9.56. The summed E-state index contributed by atoms with van der Waals surface area (Å²) in [5.41, 5.74) is 3.04. The lowest BCUT2D eigenvalue weighted by Crippen LogP contribution is -1.80. The number of rotatable bonds is 2. The smallest absolute Gasteiger partial charge is 0.0924 e. The van der Waals surface area contributed by atoms with E-state index in [0.29, 0.717) is 6.42 Å². The second-order valence-corrected chi connectivity index (χ2v) is 3.32. The number of imidazole rings is 1. The van der Waals surface area contributed by atoms with Gasteiger partial charge in [0.2, 0.25) is 0 Å². The van der Waals surface area contributed by atoms with Crippen molar-refractivity contribution in [1.29, 1.82) is 0 Å². The Morgan fingerprint density at radius 3 is 2.69 bits per heavy atom. The molecule has 0 saturated carbocycles. The van der Waals surface area contributed by atoms with E-state index in [2.05, 4.69) is 21.8 Å². The van der Waals surface area contributed by atoms with Crippen LogP contribution in [-0.2, 0) is 0 Å². The summed E-state index contributed by atoms with van der Waals surface area (Å²) < 4.78 is 0. The Labute approximate surface area is 94.2 Å². The first-order valence-corrected chi connectivity index (χ1v) is 5.08. The zero-order valence-corrected chi connectivity index (χ0v) is 8.77. The second-order valence-electron chi connectivity index (χ2n) is 3.32. The lowest BCUT2D eigenvalue weighted by atomic mass is 10.1. The van der Waals surface area contributed by atoms with E-state index >= 15 is 0 Å². The van der Waals surface area contributed by atoms with Crippen molar-refractivity contribution in [3.63, 3.8) is 0 Å². The summed E-state index contributed by atoms with van der Waals surface area (Å²) in [7, 11) is 0. The molecule has 1 aromatic carbocycles. The quantitative estimate of drug-likeness (QED) is 0.746. The van der Waals surface area contributed by atoms with Gasteiger partial charge in [-0.15, -0.1) is 0 Å². The lowest BCUT2D eigenvalue weighted by Gasteiger charge is -1.96. The van der Waals surface area contributed by atoms with Gasteiger partial charge < -0.3 is 10.1 Å². The van der Waals surface area contributed by atoms with Crippen LogP contribution in [0.4, 0.5) is 0 Å². The third-order valence-corrected chi connectivity index (χ3v) is 2.16. The number of aliphatic hydroxyl groups excluding tert-OH is 1. The molecule has 80 valence electrons. The Bertz CT molecular complexity index is 489. The molecule has 3 heteroatoms. The van der Waals surface area contributed by atoms with E-state index in [1.165, 1.54) is 0 Å². The third-order valence-electron chi connectivity index (χ3n) is 2.16. The number of aromatic nitrogens is 2. The number of aliphatic hydroxyl groups is 1. The minimum absolute atomic E-state index is 0.110. The first kappa shape index (κ1) is 10.5. The van der Waals surface area contributed by atoms with Crippen LogP contribution in [0.15, 0.2) is 36.8 Å². The summed E-state index contributed by atoms with van der Waals surface area (Å²) >= 11 is 0. The molecule has 0 aliphatic carbocycles. The van der Waals surface area contributed by atoms with Gasteiger partial charge in [0.15, 0.2) is 0 Å². The summed E-state index contributed by atoms with van der Waals surface area (Å²) in [4.78, 5) is 7.02. The number of nitrogens with one attached hydrogen (secondary N) is 1. The van der Waals surface area contributed by atoms with Crippen LogP contribution >= 0.6 is 0 Å². The minimum atomic E-state index is 0.110. The van der Waals surface area contributed by atoms with Gasteiger partial charge in [0.05, 0.1) is 24.8 Å². The van der Waals surface area contributed by atoms with Gasteiger partial charge in [-0.2, -0.15) is 0 Å². The van der Waals surface area contributed by atoms with Gasteiger partial charge in [0.1, 0.15) is 0 Å². The lowest BCUT2D eigenvalue weighted by molar-refractivity contribution is 0.305. The number of aromatic amines is 1. The molecule has 2 rings (SSSR count). The largest absolute Gasteiger partial charge is 0.395 e. The van der Waals surface area contributed by atoms with Crippen molar-refractivity contribution >= 4 is 0 Å². The predicted octanol–water partition coefficient (Wildman–Crippen LogP) is 1.81. The highest BCUT2D eigenvalue weighted by molar-refractivity contribution is 5.59.